The monoisotopic (exact) mass is 235 g/mol. The van der Waals surface area contributed by atoms with Crippen LogP contribution in [-0.2, 0) is 9.59 Å². The SMILES string of the molecule is C=CC(=O)Oc1c(NC(C)=O)cccc1OC. The summed E-state index contributed by atoms with van der Waals surface area (Å²) in [6.07, 6.45) is 1.03. The first-order valence-electron chi connectivity index (χ1n) is 4.87. The lowest BCUT2D eigenvalue weighted by Gasteiger charge is -2.12. The van der Waals surface area contributed by atoms with Crippen molar-refractivity contribution in [3.05, 3.63) is 30.9 Å². The van der Waals surface area contributed by atoms with E-state index in [4.69, 9.17) is 9.47 Å². The standard InChI is InChI=1S/C12H13NO4/c1-4-11(15)17-12-9(13-8(2)14)6-5-7-10(12)16-3/h4-7H,1H2,2-3H3,(H,13,14). The third-order valence-electron chi connectivity index (χ3n) is 1.88. The highest BCUT2D eigenvalue weighted by atomic mass is 16.6. The van der Waals surface area contributed by atoms with Crippen molar-refractivity contribution in [3.8, 4) is 11.5 Å². The molecule has 0 aromatic heterocycles. The van der Waals surface area contributed by atoms with Crippen LogP contribution >= 0.6 is 0 Å². The highest BCUT2D eigenvalue weighted by Gasteiger charge is 2.14. The van der Waals surface area contributed by atoms with Crippen molar-refractivity contribution in [2.24, 2.45) is 0 Å². The first kappa shape index (κ1) is 12.8. The molecule has 0 spiro atoms. The average Bonchev–Trinajstić information content (AvgIpc) is 2.30. The van der Waals surface area contributed by atoms with Crippen molar-refractivity contribution in [1.82, 2.24) is 0 Å². The summed E-state index contributed by atoms with van der Waals surface area (Å²) in [6.45, 7) is 4.66. The fourth-order valence-electron chi connectivity index (χ4n) is 1.21. The number of nitrogens with one attached hydrogen (secondary N) is 1. The van der Waals surface area contributed by atoms with Gasteiger partial charge in [-0.3, -0.25) is 4.79 Å². The first-order chi connectivity index (χ1) is 8.08. The van der Waals surface area contributed by atoms with E-state index in [2.05, 4.69) is 11.9 Å². The van der Waals surface area contributed by atoms with Gasteiger partial charge in [0.15, 0.2) is 11.5 Å². The van der Waals surface area contributed by atoms with Crippen LogP contribution < -0.4 is 14.8 Å². The summed E-state index contributed by atoms with van der Waals surface area (Å²) in [7, 11) is 1.44. The fourth-order valence-corrected chi connectivity index (χ4v) is 1.21. The smallest absolute Gasteiger partial charge is 0.335 e. The van der Waals surface area contributed by atoms with Gasteiger partial charge in [0.2, 0.25) is 5.91 Å². The third-order valence-corrected chi connectivity index (χ3v) is 1.88. The molecule has 1 aromatic carbocycles. The lowest BCUT2D eigenvalue weighted by molar-refractivity contribution is -0.129. The maximum absolute atomic E-state index is 11.2. The molecule has 0 heterocycles. The highest BCUT2D eigenvalue weighted by molar-refractivity contribution is 5.93. The Bertz CT molecular complexity index is 454. The van der Waals surface area contributed by atoms with Gasteiger partial charge in [-0.25, -0.2) is 4.79 Å². The van der Waals surface area contributed by atoms with Crippen LogP contribution in [0.3, 0.4) is 0 Å². The van der Waals surface area contributed by atoms with E-state index in [-0.39, 0.29) is 11.7 Å². The van der Waals surface area contributed by atoms with Crippen LogP contribution in [-0.4, -0.2) is 19.0 Å². The van der Waals surface area contributed by atoms with Crippen molar-refractivity contribution >= 4 is 17.6 Å². The average molecular weight is 235 g/mol. The molecule has 0 aliphatic carbocycles. The maximum atomic E-state index is 11.2. The van der Waals surface area contributed by atoms with Crippen molar-refractivity contribution in [2.75, 3.05) is 12.4 Å². The van der Waals surface area contributed by atoms with Gasteiger partial charge in [0.1, 0.15) is 0 Å². The lowest BCUT2D eigenvalue weighted by Crippen LogP contribution is -2.11. The second kappa shape index (κ2) is 5.69. The van der Waals surface area contributed by atoms with Gasteiger partial charge >= 0.3 is 5.97 Å². The van der Waals surface area contributed by atoms with Gasteiger partial charge in [-0.05, 0) is 12.1 Å². The topological polar surface area (TPSA) is 64.6 Å². The van der Waals surface area contributed by atoms with Crippen LogP contribution in [0.4, 0.5) is 5.69 Å². The second-order valence-corrected chi connectivity index (χ2v) is 3.14. The predicted molar refractivity (Wildman–Crippen MR) is 63.1 cm³/mol. The number of amides is 1. The largest absolute Gasteiger partial charge is 0.493 e. The Kier molecular flexibility index (Phi) is 4.28. The van der Waals surface area contributed by atoms with Crippen LogP contribution in [0.5, 0.6) is 11.5 Å². The Labute approximate surface area is 99.0 Å². The molecule has 5 nitrogen and oxygen atoms in total. The maximum Gasteiger partial charge on any atom is 0.335 e. The number of esters is 1. The van der Waals surface area contributed by atoms with E-state index in [0.717, 1.165) is 6.08 Å². The first-order valence-corrected chi connectivity index (χ1v) is 4.87. The van der Waals surface area contributed by atoms with Crippen molar-refractivity contribution in [2.45, 2.75) is 6.92 Å². The molecule has 17 heavy (non-hydrogen) atoms. The summed E-state index contributed by atoms with van der Waals surface area (Å²) in [5.41, 5.74) is 0.368. The minimum atomic E-state index is -0.624. The molecule has 5 heteroatoms. The van der Waals surface area contributed by atoms with Gasteiger partial charge in [0.25, 0.3) is 0 Å². The molecule has 90 valence electrons. The molecule has 1 aromatic rings. The number of methoxy groups -OCH3 is 1. The Hall–Kier alpha value is -2.30. The molecule has 0 aliphatic rings. The third kappa shape index (κ3) is 3.34. The molecule has 0 saturated carbocycles. The molecule has 0 fully saturated rings. The molecule has 1 rings (SSSR count). The zero-order valence-corrected chi connectivity index (χ0v) is 9.65. The van der Waals surface area contributed by atoms with Crippen LogP contribution in [0.1, 0.15) is 6.92 Å². The molecule has 0 atom stereocenters. The number of ether oxygens (including phenoxy) is 2. The summed E-state index contributed by atoms with van der Waals surface area (Å²) >= 11 is 0. The Morgan fingerprint density at radius 3 is 2.65 bits per heavy atom. The Balaban J connectivity index is 3.14. The number of carbonyl (C=O) groups excluding carboxylic acids is 2. The number of para-hydroxylation sites is 1. The lowest BCUT2D eigenvalue weighted by atomic mass is 10.2. The van der Waals surface area contributed by atoms with Gasteiger partial charge in [0.05, 0.1) is 12.8 Å². The van der Waals surface area contributed by atoms with Gasteiger partial charge in [0, 0.05) is 13.0 Å². The van der Waals surface area contributed by atoms with E-state index in [9.17, 15) is 9.59 Å². The van der Waals surface area contributed by atoms with E-state index in [1.807, 2.05) is 0 Å². The van der Waals surface area contributed by atoms with Gasteiger partial charge in [-0.1, -0.05) is 12.6 Å². The van der Waals surface area contributed by atoms with E-state index in [1.165, 1.54) is 14.0 Å². The van der Waals surface area contributed by atoms with Gasteiger partial charge < -0.3 is 14.8 Å². The zero-order valence-electron chi connectivity index (χ0n) is 9.65. The highest BCUT2D eigenvalue weighted by Crippen LogP contribution is 2.35. The summed E-state index contributed by atoms with van der Waals surface area (Å²) in [4.78, 5) is 22.2. The fraction of sp³-hybridized carbons (Fsp3) is 0.167. The molecule has 1 amide bonds. The summed E-state index contributed by atoms with van der Waals surface area (Å²) in [5, 5.41) is 2.55. The molecule has 1 N–H and O–H groups in total. The number of hydrogen-bond acceptors (Lipinski definition) is 4. The molecule has 0 unspecified atom stereocenters. The molecule has 0 radical (unpaired) electrons. The van der Waals surface area contributed by atoms with Crippen molar-refractivity contribution in [3.63, 3.8) is 0 Å². The molecule has 0 aliphatic heterocycles. The molecule has 0 saturated heterocycles. The quantitative estimate of drug-likeness (QED) is 0.490. The summed E-state index contributed by atoms with van der Waals surface area (Å²) < 4.78 is 10.1. The number of carbonyl (C=O) groups is 2. The number of rotatable bonds is 4. The van der Waals surface area contributed by atoms with Crippen molar-refractivity contribution < 1.29 is 19.1 Å². The summed E-state index contributed by atoms with van der Waals surface area (Å²) in [6, 6.07) is 4.90. The molecule has 0 bridgehead atoms. The van der Waals surface area contributed by atoms with Crippen LogP contribution in [0, 0.1) is 0 Å². The van der Waals surface area contributed by atoms with E-state index < -0.39 is 5.97 Å². The Morgan fingerprint density at radius 1 is 1.41 bits per heavy atom. The minimum Gasteiger partial charge on any atom is -0.493 e. The summed E-state index contributed by atoms with van der Waals surface area (Å²) in [5.74, 6) is -0.378. The van der Waals surface area contributed by atoms with E-state index in [0.29, 0.717) is 11.4 Å². The van der Waals surface area contributed by atoms with E-state index in [1.54, 1.807) is 18.2 Å². The zero-order chi connectivity index (χ0) is 12.8. The van der Waals surface area contributed by atoms with Crippen LogP contribution in [0.25, 0.3) is 0 Å². The van der Waals surface area contributed by atoms with Gasteiger partial charge in [-0.2, -0.15) is 0 Å². The number of hydrogen-bond donors (Lipinski definition) is 1. The second-order valence-electron chi connectivity index (χ2n) is 3.14. The number of anilines is 1. The minimum absolute atomic E-state index is 0.162. The van der Waals surface area contributed by atoms with Gasteiger partial charge in [-0.15, -0.1) is 0 Å². The molecular weight excluding hydrogens is 222 g/mol. The van der Waals surface area contributed by atoms with E-state index >= 15 is 0 Å². The normalized spacial score (nSPS) is 9.29. The van der Waals surface area contributed by atoms with Crippen molar-refractivity contribution in [1.29, 1.82) is 0 Å². The molecular formula is C12H13NO4. The van der Waals surface area contributed by atoms with Crippen LogP contribution in [0.15, 0.2) is 30.9 Å². The van der Waals surface area contributed by atoms with Crippen LogP contribution in [0.2, 0.25) is 0 Å². The predicted octanol–water partition coefficient (Wildman–Crippen LogP) is 1.74. The Morgan fingerprint density at radius 2 is 2.12 bits per heavy atom. The number of benzene rings is 1.